The lowest BCUT2D eigenvalue weighted by molar-refractivity contribution is -0.123. The van der Waals surface area contributed by atoms with Gasteiger partial charge in [-0.1, -0.05) is 27.7 Å². The number of halogens is 1. The molecule has 0 fully saturated rings. The van der Waals surface area contributed by atoms with Crippen LogP contribution in [-0.4, -0.2) is 20.9 Å². The SMILES string of the molecule is CCc1nc(NC(=O)C(C)(C)C)nc2[nH]cc(I)c12. The average Bonchev–Trinajstić information content (AvgIpc) is 2.69. The minimum absolute atomic E-state index is 0.0878. The Labute approximate surface area is 125 Å². The van der Waals surface area contributed by atoms with Gasteiger partial charge in [0, 0.05) is 15.2 Å². The van der Waals surface area contributed by atoms with Crippen LogP contribution in [0.1, 0.15) is 33.4 Å². The van der Waals surface area contributed by atoms with Crippen LogP contribution in [0, 0.1) is 8.99 Å². The van der Waals surface area contributed by atoms with Gasteiger partial charge in [-0.05, 0) is 29.0 Å². The third-order valence-electron chi connectivity index (χ3n) is 2.80. The molecular formula is C13H17IN4O. The molecule has 0 aromatic carbocycles. The van der Waals surface area contributed by atoms with Crippen LogP contribution in [0.5, 0.6) is 0 Å². The topological polar surface area (TPSA) is 70.7 Å². The summed E-state index contributed by atoms with van der Waals surface area (Å²) in [5, 5.41) is 3.81. The Bertz CT molecular complexity index is 627. The second-order valence-corrected chi connectivity index (χ2v) is 6.57. The van der Waals surface area contributed by atoms with Gasteiger partial charge in [0.1, 0.15) is 5.65 Å². The van der Waals surface area contributed by atoms with Crippen LogP contribution in [0.3, 0.4) is 0 Å². The summed E-state index contributed by atoms with van der Waals surface area (Å²) in [4.78, 5) is 23.9. The minimum atomic E-state index is -0.463. The zero-order valence-corrected chi connectivity index (χ0v) is 13.6. The standard InChI is InChI=1S/C13H17IN4O/c1-5-8-9-7(14)6-15-10(9)17-12(16-8)18-11(19)13(2,3)4/h6H,5H2,1-4H3,(H2,15,16,17,18,19). The average molecular weight is 372 g/mol. The van der Waals surface area contributed by atoms with Crippen molar-refractivity contribution in [3.05, 3.63) is 15.5 Å². The van der Waals surface area contributed by atoms with E-state index in [1.54, 1.807) is 0 Å². The van der Waals surface area contributed by atoms with E-state index in [1.165, 1.54) is 0 Å². The Morgan fingerprint density at radius 2 is 2.11 bits per heavy atom. The summed E-state index contributed by atoms with van der Waals surface area (Å²) in [6, 6.07) is 0. The number of nitrogens with zero attached hydrogens (tertiary/aromatic N) is 2. The van der Waals surface area contributed by atoms with Gasteiger partial charge >= 0.3 is 0 Å². The van der Waals surface area contributed by atoms with Crippen LogP contribution >= 0.6 is 22.6 Å². The number of H-pyrrole nitrogens is 1. The number of nitrogens with one attached hydrogen (secondary N) is 2. The summed E-state index contributed by atoms with van der Waals surface area (Å²) in [6.07, 6.45) is 2.69. The molecule has 0 saturated heterocycles. The fourth-order valence-electron chi connectivity index (χ4n) is 1.67. The second kappa shape index (κ2) is 5.07. The van der Waals surface area contributed by atoms with Gasteiger partial charge in [-0.3, -0.25) is 10.1 Å². The summed E-state index contributed by atoms with van der Waals surface area (Å²) < 4.78 is 1.10. The molecule has 2 heterocycles. The van der Waals surface area contributed by atoms with E-state index < -0.39 is 5.41 Å². The smallest absolute Gasteiger partial charge is 0.232 e. The van der Waals surface area contributed by atoms with Gasteiger partial charge in [-0.15, -0.1) is 0 Å². The van der Waals surface area contributed by atoms with Crippen molar-refractivity contribution >= 4 is 45.5 Å². The van der Waals surface area contributed by atoms with Crippen LogP contribution in [0.15, 0.2) is 6.20 Å². The predicted octanol–water partition coefficient (Wildman–Crippen LogP) is 3.11. The van der Waals surface area contributed by atoms with Crippen molar-refractivity contribution in [1.29, 1.82) is 0 Å². The van der Waals surface area contributed by atoms with Gasteiger partial charge < -0.3 is 4.98 Å². The molecule has 2 aromatic rings. The van der Waals surface area contributed by atoms with E-state index >= 15 is 0 Å². The van der Waals surface area contributed by atoms with Crippen molar-refractivity contribution in [2.24, 2.45) is 5.41 Å². The number of aryl methyl sites for hydroxylation is 1. The van der Waals surface area contributed by atoms with Gasteiger partial charge in [-0.25, -0.2) is 4.98 Å². The molecule has 0 bridgehead atoms. The van der Waals surface area contributed by atoms with Crippen molar-refractivity contribution in [1.82, 2.24) is 15.0 Å². The number of hydrogen-bond acceptors (Lipinski definition) is 3. The molecule has 0 aliphatic carbocycles. The van der Waals surface area contributed by atoms with Crippen LogP contribution in [0.4, 0.5) is 5.95 Å². The van der Waals surface area contributed by atoms with Gasteiger partial charge in [-0.2, -0.15) is 4.98 Å². The van der Waals surface area contributed by atoms with E-state index in [1.807, 2.05) is 33.9 Å². The van der Waals surface area contributed by atoms with Gasteiger partial charge in [0.05, 0.1) is 11.1 Å². The molecule has 6 heteroatoms. The first-order valence-electron chi connectivity index (χ1n) is 6.18. The second-order valence-electron chi connectivity index (χ2n) is 5.41. The van der Waals surface area contributed by atoms with E-state index in [4.69, 9.17) is 0 Å². The molecule has 0 saturated carbocycles. The summed E-state index contributed by atoms with van der Waals surface area (Å²) in [5.41, 5.74) is 1.25. The van der Waals surface area contributed by atoms with Gasteiger partial charge in [0.2, 0.25) is 11.9 Å². The van der Waals surface area contributed by atoms with E-state index in [2.05, 4.69) is 42.9 Å². The fraction of sp³-hybridized carbons (Fsp3) is 0.462. The van der Waals surface area contributed by atoms with E-state index in [0.717, 1.165) is 26.7 Å². The molecule has 5 nitrogen and oxygen atoms in total. The van der Waals surface area contributed by atoms with E-state index in [9.17, 15) is 4.79 Å². The first-order valence-corrected chi connectivity index (χ1v) is 7.25. The maximum Gasteiger partial charge on any atom is 0.232 e. The molecular weight excluding hydrogens is 355 g/mol. The Balaban J connectivity index is 2.43. The van der Waals surface area contributed by atoms with E-state index in [-0.39, 0.29) is 5.91 Å². The molecule has 1 amide bonds. The predicted molar refractivity (Wildman–Crippen MR) is 84.1 cm³/mol. The molecule has 0 aliphatic heterocycles. The monoisotopic (exact) mass is 372 g/mol. The number of aromatic nitrogens is 3. The van der Waals surface area contributed by atoms with Gasteiger partial charge in [0.25, 0.3) is 0 Å². The first kappa shape index (κ1) is 14.2. The molecule has 0 radical (unpaired) electrons. The Hall–Kier alpha value is -1.18. The number of anilines is 1. The number of aromatic amines is 1. The number of hydrogen-bond donors (Lipinski definition) is 2. The molecule has 0 unspecified atom stereocenters. The Kier molecular flexibility index (Phi) is 3.80. The van der Waals surface area contributed by atoms with Crippen molar-refractivity contribution in [3.8, 4) is 0 Å². The maximum absolute atomic E-state index is 12.0. The Morgan fingerprint density at radius 3 is 2.68 bits per heavy atom. The number of amides is 1. The van der Waals surface area contributed by atoms with Crippen molar-refractivity contribution in [2.75, 3.05) is 5.32 Å². The van der Waals surface area contributed by atoms with Crippen LogP contribution in [0.25, 0.3) is 11.0 Å². The number of rotatable bonds is 2. The summed E-state index contributed by atoms with van der Waals surface area (Å²) >= 11 is 2.25. The highest BCUT2D eigenvalue weighted by Gasteiger charge is 2.22. The summed E-state index contributed by atoms with van der Waals surface area (Å²) in [7, 11) is 0. The highest BCUT2D eigenvalue weighted by atomic mass is 127. The molecule has 2 rings (SSSR count). The normalized spacial score (nSPS) is 11.8. The first-order chi connectivity index (χ1) is 8.82. The zero-order valence-electron chi connectivity index (χ0n) is 11.5. The molecule has 0 atom stereocenters. The highest BCUT2D eigenvalue weighted by molar-refractivity contribution is 14.1. The van der Waals surface area contributed by atoms with Crippen molar-refractivity contribution in [2.45, 2.75) is 34.1 Å². The molecule has 19 heavy (non-hydrogen) atoms. The van der Waals surface area contributed by atoms with Crippen molar-refractivity contribution in [3.63, 3.8) is 0 Å². The highest BCUT2D eigenvalue weighted by Crippen LogP contribution is 2.24. The lowest BCUT2D eigenvalue weighted by atomic mass is 9.96. The zero-order chi connectivity index (χ0) is 14.2. The van der Waals surface area contributed by atoms with Crippen LogP contribution < -0.4 is 5.32 Å². The molecule has 2 aromatic heterocycles. The summed E-state index contributed by atoms with van der Waals surface area (Å²) in [5.74, 6) is 0.276. The Morgan fingerprint density at radius 1 is 1.42 bits per heavy atom. The lowest BCUT2D eigenvalue weighted by Gasteiger charge is -2.17. The third-order valence-corrected chi connectivity index (χ3v) is 3.65. The quantitative estimate of drug-likeness (QED) is 0.796. The molecule has 2 N–H and O–H groups in total. The number of carbonyl (C=O) groups excluding carboxylic acids is 1. The molecule has 0 spiro atoms. The van der Waals surface area contributed by atoms with Gasteiger partial charge in [0.15, 0.2) is 0 Å². The maximum atomic E-state index is 12.0. The van der Waals surface area contributed by atoms with Crippen molar-refractivity contribution < 1.29 is 4.79 Å². The lowest BCUT2D eigenvalue weighted by Crippen LogP contribution is -2.28. The number of fused-ring (bicyclic) bond motifs is 1. The van der Waals surface area contributed by atoms with Crippen LogP contribution in [0.2, 0.25) is 0 Å². The van der Waals surface area contributed by atoms with E-state index in [0.29, 0.717) is 5.95 Å². The fourth-order valence-corrected chi connectivity index (χ4v) is 2.39. The molecule has 0 aliphatic rings. The minimum Gasteiger partial charge on any atom is -0.345 e. The van der Waals surface area contributed by atoms with Crippen LogP contribution in [-0.2, 0) is 11.2 Å². The third kappa shape index (κ3) is 2.88. The summed E-state index contributed by atoms with van der Waals surface area (Å²) in [6.45, 7) is 7.62. The molecule has 102 valence electrons. The largest absolute Gasteiger partial charge is 0.345 e. The number of carbonyl (C=O) groups is 1.